The molecule has 1 unspecified atom stereocenters. The number of pyridine rings is 1. The first-order valence-electron chi connectivity index (χ1n) is 11.4. The molecular formula is C25H22ClN7O4S. The quantitative estimate of drug-likeness (QED) is 0.293. The molecule has 2 aromatic carbocycles. The highest BCUT2D eigenvalue weighted by Gasteiger charge is 2.24. The second-order valence-electron chi connectivity index (χ2n) is 8.68. The first-order chi connectivity index (χ1) is 18.0. The van der Waals surface area contributed by atoms with E-state index in [4.69, 9.17) is 17.3 Å². The number of nitrogens with one attached hydrogen (secondary N) is 2. The largest absolute Gasteiger partial charge is 0.381 e. The molecule has 0 aliphatic carbocycles. The molecule has 1 amide bonds. The molecule has 0 fully saturated rings. The summed E-state index contributed by atoms with van der Waals surface area (Å²) in [5, 5.41) is 8.22. The van der Waals surface area contributed by atoms with Crippen molar-refractivity contribution in [3.8, 4) is 5.69 Å². The number of amides is 1. The van der Waals surface area contributed by atoms with Crippen molar-refractivity contribution in [2.45, 2.75) is 13.0 Å². The maximum Gasteiger partial charge on any atom is 0.264 e. The van der Waals surface area contributed by atoms with Crippen molar-refractivity contribution in [1.82, 2.24) is 24.5 Å². The summed E-state index contributed by atoms with van der Waals surface area (Å²) < 4.78 is 28.4. The number of nitrogens with two attached hydrogens (primary N) is 1. The van der Waals surface area contributed by atoms with E-state index in [2.05, 4.69) is 20.1 Å². The minimum Gasteiger partial charge on any atom is -0.381 e. The van der Waals surface area contributed by atoms with Crippen molar-refractivity contribution in [1.29, 1.82) is 0 Å². The molecule has 3 heterocycles. The molecule has 0 spiro atoms. The lowest BCUT2D eigenvalue weighted by Crippen LogP contribution is -2.32. The average Bonchev–Trinajstić information content (AvgIpc) is 3.19. The number of benzene rings is 2. The standard InChI is InChI=1S/C25H22ClN7O4S/c1-14(29-24(34)21-22(27)30-32-12-4-11-28-23(21)32)19-13-15-5-3-6-18(26)20(15)25(35)33(19)17-9-7-16(8-10-17)31-38(2,36)37/h3-14,31H,1-2H3,(H2,27,30)(H,29,34). The van der Waals surface area contributed by atoms with E-state index in [9.17, 15) is 18.0 Å². The van der Waals surface area contributed by atoms with Gasteiger partial charge >= 0.3 is 0 Å². The average molecular weight is 552 g/mol. The van der Waals surface area contributed by atoms with Crippen molar-refractivity contribution in [2.75, 3.05) is 16.7 Å². The number of rotatable bonds is 6. The number of carbonyl (C=O) groups is 1. The highest BCUT2D eigenvalue weighted by atomic mass is 35.5. The van der Waals surface area contributed by atoms with Crippen LogP contribution in [0.15, 0.2) is 71.8 Å². The Kier molecular flexibility index (Phi) is 6.29. The minimum atomic E-state index is -3.48. The first-order valence-corrected chi connectivity index (χ1v) is 13.6. The van der Waals surface area contributed by atoms with Crippen LogP contribution in [0, 0.1) is 0 Å². The minimum absolute atomic E-state index is 0.0186. The maximum atomic E-state index is 13.7. The Bertz CT molecular complexity index is 1880. The monoisotopic (exact) mass is 551 g/mol. The van der Waals surface area contributed by atoms with Gasteiger partial charge in [0.25, 0.3) is 11.5 Å². The highest BCUT2D eigenvalue weighted by molar-refractivity contribution is 7.92. The van der Waals surface area contributed by atoms with Crippen LogP contribution in [0.4, 0.5) is 11.5 Å². The summed E-state index contributed by atoms with van der Waals surface area (Å²) in [5.74, 6) is -0.494. The van der Waals surface area contributed by atoms with Crippen molar-refractivity contribution < 1.29 is 13.2 Å². The Balaban J connectivity index is 1.61. The van der Waals surface area contributed by atoms with E-state index in [0.29, 0.717) is 33.5 Å². The number of anilines is 2. The van der Waals surface area contributed by atoms with Gasteiger partial charge in [0.2, 0.25) is 10.0 Å². The smallest absolute Gasteiger partial charge is 0.264 e. The lowest BCUT2D eigenvalue weighted by Gasteiger charge is -2.21. The van der Waals surface area contributed by atoms with E-state index in [-0.39, 0.29) is 16.4 Å². The second-order valence-corrected chi connectivity index (χ2v) is 10.8. The van der Waals surface area contributed by atoms with Gasteiger partial charge in [-0.3, -0.25) is 18.9 Å². The lowest BCUT2D eigenvalue weighted by atomic mass is 10.1. The van der Waals surface area contributed by atoms with Gasteiger partial charge in [-0.25, -0.2) is 17.9 Å². The fourth-order valence-electron chi connectivity index (χ4n) is 4.28. The molecule has 4 N–H and O–H groups in total. The molecule has 38 heavy (non-hydrogen) atoms. The predicted octanol–water partition coefficient (Wildman–Crippen LogP) is 3.13. The Morgan fingerprint density at radius 2 is 1.87 bits per heavy atom. The van der Waals surface area contributed by atoms with Crippen LogP contribution in [0.25, 0.3) is 22.1 Å². The van der Waals surface area contributed by atoms with E-state index < -0.39 is 27.5 Å². The zero-order chi connectivity index (χ0) is 27.2. The van der Waals surface area contributed by atoms with Gasteiger partial charge in [0.15, 0.2) is 11.5 Å². The van der Waals surface area contributed by atoms with E-state index in [1.807, 2.05) is 0 Å². The summed E-state index contributed by atoms with van der Waals surface area (Å²) >= 11 is 6.39. The van der Waals surface area contributed by atoms with Crippen molar-refractivity contribution in [3.05, 3.63) is 93.6 Å². The zero-order valence-electron chi connectivity index (χ0n) is 20.2. The summed E-state index contributed by atoms with van der Waals surface area (Å²) in [4.78, 5) is 31.2. The van der Waals surface area contributed by atoms with E-state index in [1.54, 1.807) is 55.6 Å². The Hall–Kier alpha value is -4.42. The van der Waals surface area contributed by atoms with Crippen LogP contribution in [0.2, 0.25) is 5.02 Å². The van der Waals surface area contributed by atoms with Crippen LogP contribution in [-0.4, -0.2) is 39.7 Å². The Labute approximate surface area is 221 Å². The molecule has 5 aromatic rings. The van der Waals surface area contributed by atoms with Gasteiger partial charge in [-0.15, -0.1) is 5.10 Å². The SMILES string of the molecule is CC(NC(=O)c1c(N)nn2cccnc12)c1cc2cccc(Cl)c2c(=O)n1-c1ccc(NS(C)(=O)=O)cc1. The number of fused-ring (bicyclic) bond motifs is 2. The fourth-order valence-corrected chi connectivity index (χ4v) is 5.11. The van der Waals surface area contributed by atoms with Crippen LogP contribution < -0.4 is 21.3 Å². The molecule has 5 rings (SSSR count). The van der Waals surface area contributed by atoms with Gasteiger partial charge in [0, 0.05) is 29.5 Å². The van der Waals surface area contributed by atoms with Gasteiger partial charge in [0.1, 0.15) is 5.56 Å². The van der Waals surface area contributed by atoms with E-state index in [0.717, 1.165) is 6.26 Å². The molecule has 0 aliphatic rings. The maximum absolute atomic E-state index is 13.7. The third kappa shape index (κ3) is 4.66. The van der Waals surface area contributed by atoms with Crippen LogP contribution in [0.3, 0.4) is 0 Å². The first kappa shape index (κ1) is 25.2. The third-order valence-corrected chi connectivity index (χ3v) is 6.82. The molecule has 11 nitrogen and oxygen atoms in total. The van der Waals surface area contributed by atoms with Crippen LogP contribution in [-0.2, 0) is 10.0 Å². The Morgan fingerprint density at radius 1 is 1.13 bits per heavy atom. The second kappa shape index (κ2) is 9.47. The molecule has 3 aromatic heterocycles. The molecule has 1 atom stereocenters. The Morgan fingerprint density at radius 3 is 2.58 bits per heavy atom. The normalized spacial score (nSPS) is 12.5. The molecule has 0 radical (unpaired) electrons. The van der Waals surface area contributed by atoms with Gasteiger partial charge in [-0.1, -0.05) is 23.7 Å². The molecule has 0 bridgehead atoms. The number of hydrogen-bond acceptors (Lipinski definition) is 7. The van der Waals surface area contributed by atoms with Gasteiger partial charge in [-0.2, -0.15) is 0 Å². The predicted molar refractivity (Wildman–Crippen MR) is 146 cm³/mol. The van der Waals surface area contributed by atoms with Gasteiger partial charge < -0.3 is 11.1 Å². The van der Waals surface area contributed by atoms with E-state index >= 15 is 0 Å². The number of nitrogen functional groups attached to an aromatic ring is 1. The molecular weight excluding hydrogens is 530 g/mol. The number of halogens is 1. The highest BCUT2D eigenvalue weighted by Crippen LogP contribution is 2.27. The lowest BCUT2D eigenvalue weighted by molar-refractivity contribution is 0.0941. The topological polar surface area (TPSA) is 153 Å². The van der Waals surface area contributed by atoms with Crippen molar-refractivity contribution >= 4 is 55.5 Å². The van der Waals surface area contributed by atoms with Gasteiger partial charge in [0.05, 0.1) is 22.7 Å². The number of hydrogen-bond donors (Lipinski definition) is 3. The van der Waals surface area contributed by atoms with Gasteiger partial charge in [-0.05, 0) is 54.8 Å². The van der Waals surface area contributed by atoms with Crippen LogP contribution in [0.1, 0.15) is 29.0 Å². The summed E-state index contributed by atoms with van der Waals surface area (Å²) in [6, 6.07) is 14.2. The zero-order valence-corrected chi connectivity index (χ0v) is 21.8. The van der Waals surface area contributed by atoms with Crippen molar-refractivity contribution in [3.63, 3.8) is 0 Å². The molecule has 0 saturated heterocycles. The summed E-state index contributed by atoms with van der Waals surface area (Å²) in [5.41, 5.74) is 7.27. The number of aromatic nitrogens is 4. The van der Waals surface area contributed by atoms with E-state index in [1.165, 1.54) is 27.4 Å². The third-order valence-electron chi connectivity index (χ3n) is 5.89. The molecule has 0 aliphatic heterocycles. The number of nitrogens with zero attached hydrogens (tertiary/aromatic N) is 4. The summed E-state index contributed by atoms with van der Waals surface area (Å²) in [6.45, 7) is 1.73. The number of sulfonamides is 1. The molecule has 194 valence electrons. The summed E-state index contributed by atoms with van der Waals surface area (Å²) in [7, 11) is -3.48. The van der Waals surface area contributed by atoms with Crippen LogP contribution in [0.5, 0.6) is 0 Å². The van der Waals surface area contributed by atoms with Crippen LogP contribution >= 0.6 is 11.6 Å². The number of carbonyl (C=O) groups excluding carboxylic acids is 1. The fraction of sp³-hybridized carbons (Fsp3) is 0.120. The van der Waals surface area contributed by atoms with Crippen molar-refractivity contribution in [2.24, 2.45) is 0 Å². The molecule has 13 heteroatoms. The molecule has 0 saturated carbocycles. The summed E-state index contributed by atoms with van der Waals surface area (Å²) in [6.07, 6.45) is 4.21.